The maximum Gasteiger partial charge on any atom is 0.431 e. The molecule has 2 aromatic heterocycles. The quantitative estimate of drug-likeness (QED) is 0.0366. The summed E-state index contributed by atoms with van der Waals surface area (Å²) in [6, 6.07) is 8.39. The fourth-order valence-corrected chi connectivity index (χ4v) is 4.97. The molecule has 4 aromatic rings. The van der Waals surface area contributed by atoms with Crippen LogP contribution in [0.2, 0.25) is 5.02 Å². The Kier molecular flexibility index (Phi) is 17.9. The molecule has 0 aliphatic carbocycles. The first-order valence-corrected chi connectivity index (χ1v) is 18.5. The summed E-state index contributed by atoms with van der Waals surface area (Å²) in [5.74, 6) is -4.81. The van der Waals surface area contributed by atoms with Crippen molar-refractivity contribution in [2.75, 3.05) is 18.1 Å². The fourth-order valence-electron chi connectivity index (χ4n) is 4.37. The summed E-state index contributed by atoms with van der Waals surface area (Å²) in [4.78, 5) is 89.3. The van der Waals surface area contributed by atoms with Gasteiger partial charge in [0.2, 0.25) is 0 Å². The molecule has 324 valence electrons. The first-order valence-electron chi connectivity index (χ1n) is 16.4. The number of aromatic nitrogens is 3. The molecule has 4 rings (SSSR count). The molecule has 0 spiro atoms. The number of nitrogens with one attached hydrogen (secondary N) is 3. The number of hydrazone groups is 1. The van der Waals surface area contributed by atoms with Gasteiger partial charge in [-0.25, -0.2) is 38.0 Å². The van der Waals surface area contributed by atoms with Crippen molar-refractivity contribution >= 4 is 54.5 Å². The monoisotopic (exact) mass is 893 g/mol. The Balaban J connectivity index is 0.000000339. The summed E-state index contributed by atoms with van der Waals surface area (Å²) in [7, 11) is -3.20. The van der Waals surface area contributed by atoms with Crippen molar-refractivity contribution in [1.82, 2.24) is 24.9 Å². The minimum Gasteiger partial charge on any atom is -0.480 e. The smallest absolute Gasteiger partial charge is 0.431 e. The lowest BCUT2D eigenvalue weighted by molar-refractivity contribution is -0.144. The van der Waals surface area contributed by atoms with Crippen LogP contribution >= 0.6 is 19.2 Å². The number of rotatable bonds is 11. The fraction of sp³-hybridized carbons (Fsp3) is 0.235. The van der Waals surface area contributed by atoms with Crippen molar-refractivity contribution in [1.29, 1.82) is 0 Å². The predicted octanol–water partition coefficient (Wildman–Crippen LogP) is 4.17. The van der Waals surface area contributed by atoms with Crippen LogP contribution in [0.15, 0.2) is 75.5 Å². The number of esters is 1. The number of halogens is 6. The molecule has 0 bridgehead atoms. The lowest BCUT2D eigenvalue weighted by Crippen LogP contribution is -2.40. The van der Waals surface area contributed by atoms with E-state index in [1.54, 1.807) is 13.8 Å². The largest absolute Gasteiger partial charge is 0.480 e. The molecule has 0 aliphatic rings. The van der Waals surface area contributed by atoms with Gasteiger partial charge in [-0.3, -0.25) is 29.0 Å². The Morgan fingerprint density at radius 1 is 0.983 bits per heavy atom. The number of urea groups is 1. The van der Waals surface area contributed by atoms with E-state index < -0.39 is 85.2 Å². The first kappa shape index (κ1) is 49.8. The van der Waals surface area contributed by atoms with E-state index in [4.69, 9.17) is 36.3 Å². The van der Waals surface area contributed by atoms with Crippen LogP contribution in [0, 0.1) is 11.6 Å². The van der Waals surface area contributed by atoms with Crippen LogP contribution in [0.25, 0.3) is 5.69 Å². The van der Waals surface area contributed by atoms with Crippen LogP contribution in [-0.2, 0) is 27.3 Å². The van der Waals surface area contributed by atoms with Crippen molar-refractivity contribution < 1.29 is 70.4 Å². The molecule has 2 aromatic carbocycles. The van der Waals surface area contributed by atoms with Gasteiger partial charge < -0.3 is 30.1 Å². The van der Waals surface area contributed by atoms with Crippen molar-refractivity contribution in [2.45, 2.75) is 33.1 Å². The van der Waals surface area contributed by atoms with E-state index >= 15 is 0 Å². The molecular formula is C34H34ClF5N7O12P. The second-order valence-electron chi connectivity index (χ2n) is 11.9. The highest BCUT2D eigenvalue weighted by atomic mass is 35.5. The lowest BCUT2D eigenvalue weighted by Gasteiger charge is -2.15. The number of hydrogen-bond donors (Lipinski definition) is 7. The number of alkyl halides is 3. The second kappa shape index (κ2) is 21.6. The van der Waals surface area contributed by atoms with Crippen molar-refractivity contribution in [3.8, 4) is 5.69 Å². The van der Waals surface area contributed by atoms with E-state index in [-0.39, 0.29) is 38.9 Å². The second-order valence-corrected chi connectivity index (χ2v) is 14.0. The highest BCUT2D eigenvalue weighted by Gasteiger charge is 2.35. The predicted molar refractivity (Wildman–Crippen MR) is 202 cm³/mol. The molecule has 0 radical (unpaired) electrons. The van der Waals surface area contributed by atoms with E-state index in [1.807, 2.05) is 0 Å². The normalized spacial score (nSPS) is 11.4. The molecule has 26 heteroatoms. The van der Waals surface area contributed by atoms with Gasteiger partial charge >= 0.3 is 43.4 Å². The van der Waals surface area contributed by atoms with Crippen LogP contribution in [0.1, 0.15) is 52.9 Å². The molecule has 0 fully saturated rings. The molecule has 0 atom stereocenters. The minimum atomic E-state index is -4.86. The number of aliphatic carboxylic acids is 1. The van der Waals surface area contributed by atoms with Gasteiger partial charge in [0.25, 0.3) is 5.56 Å². The van der Waals surface area contributed by atoms with Gasteiger partial charge in [-0.1, -0.05) is 11.6 Å². The molecular weight excluding hydrogens is 860 g/mol. The third-order valence-corrected chi connectivity index (χ3v) is 7.77. The maximum atomic E-state index is 13.0. The number of carboxylic acid groups (broad SMARTS) is 2. The van der Waals surface area contributed by atoms with Crippen LogP contribution in [0.4, 0.5) is 32.4 Å². The van der Waals surface area contributed by atoms with Gasteiger partial charge in [-0.05, 0) is 63.2 Å². The summed E-state index contributed by atoms with van der Waals surface area (Å²) in [6.07, 6.45) is -4.52. The van der Waals surface area contributed by atoms with E-state index in [0.717, 1.165) is 25.2 Å². The number of anilines is 1. The first-order chi connectivity index (χ1) is 27.7. The Bertz CT molecular complexity index is 2420. The number of carbonyl (C=O) groups excluding carboxylic acids is 2. The van der Waals surface area contributed by atoms with Crippen LogP contribution in [0.3, 0.4) is 0 Å². The lowest BCUT2D eigenvalue weighted by atomic mass is 10.1. The molecule has 19 nitrogen and oxygen atoms in total. The van der Waals surface area contributed by atoms with E-state index in [9.17, 15) is 55.3 Å². The van der Waals surface area contributed by atoms with E-state index in [0.29, 0.717) is 21.3 Å². The Labute approximate surface area is 339 Å². The summed E-state index contributed by atoms with van der Waals surface area (Å²) < 4.78 is 80.6. The van der Waals surface area contributed by atoms with Crippen LogP contribution < -0.4 is 27.3 Å². The average Bonchev–Trinajstić information content (AvgIpc) is 3.11. The zero-order valence-electron chi connectivity index (χ0n) is 31.3. The Morgan fingerprint density at radius 3 is 2.13 bits per heavy atom. The number of aromatic carboxylic acids is 1. The summed E-state index contributed by atoms with van der Waals surface area (Å²) in [5, 5.41) is 25.1. The van der Waals surface area contributed by atoms with Crippen LogP contribution in [0.5, 0.6) is 0 Å². The van der Waals surface area contributed by atoms with Gasteiger partial charge in [0.1, 0.15) is 23.0 Å². The zero-order valence-corrected chi connectivity index (χ0v) is 33.0. The molecule has 0 unspecified atom stereocenters. The number of benzene rings is 2. The van der Waals surface area contributed by atoms with Gasteiger partial charge in [-0.2, -0.15) is 18.3 Å². The van der Waals surface area contributed by atoms with Gasteiger partial charge in [0.05, 0.1) is 46.5 Å². The molecule has 2 amide bonds. The SMILES string of the molecule is C/C(=N\NC(=O)Nc1cc(F)cc(F)c1)c1ncccc1C(=O)O.CC(C)OC(=O)c1cc(-n2c(=O)cc(C(F)(F)F)n(C)c2=O)ccc1Cl.O=C(O)CNCP(=O)(O)O. The third kappa shape index (κ3) is 15.8. The third-order valence-electron chi connectivity index (χ3n) is 6.80. The highest BCUT2D eigenvalue weighted by molar-refractivity contribution is 7.51. The standard InChI is InChI=1S/C16H14ClF3N2O4.C15H12F2N4O3.C3H8NO5P/c1-8(2)26-14(24)10-6-9(4-5-11(10)17)22-13(23)7-12(16(18,19)20)21(3)15(22)25;1-8(13-12(14(22)23)3-2-4-18-13)20-21-15(24)19-11-6-9(16)5-10(17)7-11;5-3(6)1-4-2-10(7,8)9/h4-8H,1-3H3;2-7H,1H3,(H,22,23)(H2,19,21,24);4H,1-2H2,(H,5,6)(H2,7,8,9)/b;20-8+;. The topological polar surface area (TPSA) is 281 Å². The van der Waals surface area contributed by atoms with Gasteiger partial charge in [0.15, 0.2) is 0 Å². The van der Waals surface area contributed by atoms with Crippen LogP contribution in [-0.4, -0.2) is 82.7 Å². The molecule has 0 saturated heterocycles. The van der Waals surface area contributed by atoms with Crippen molar-refractivity contribution in [3.63, 3.8) is 0 Å². The van der Waals surface area contributed by atoms with E-state index in [2.05, 4.69) is 26.1 Å². The number of carbonyl (C=O) groups is 4. The number of hydrogen-bond acceptors (Lipinski definition) is 11. The summed E-state index contributed by atoms with van der Waals surface area (Å²) >= 11 is 5.94. The number of carboxylic acids is 2. The zero-order chi connectivity index (χ0) is 45.7. The number of amides is 2. The average molecular weight is 894 g/mol. The number of pyridine rings is 1. The molecule has 0 saturated carbocycles. The highest BCUT2D eigenvalue weighted by Crippen LogP contribution is 2.31. The van der Waals surface area contributed by atoms with E-state index in [1.165, 1.54) is 37.4 Å². The minimum absolute atomic E-state index is 0.0104. The van der Waals surface area contributed by atoms with Gasteiger partial charge in [-0.15, -0.1) is 0 Å². The van der Waals surface area contributed by atoms with Crippen molar-refractivity contribution in [3.05, 3.63) is 121 Å². The van der Waals surface area contributed by atoms with Gasteiger partial charge in [0, 0.05) is 31.1 Å². The van der Waals surface area contributed by atoms with Crippen molar-refractivity contribution in [2.24, 2.45) is 12.1 Å². The number of nitrogens with zero attached hydrogens (tertiary/aromatic N) is 4. The maximum absolute atomic E-state index is 13.0. The Morgan fingerprint density at radius 2 is 1.60 bits per heavy atom. The summed E-state index contributed by atoms with van der Waals surface area (Å²) in [6.45, 7) is 4.25. The Hall–Kier alpha value is -6.33. The summed E-state index contributed by atoms with van der Waals surface area (Å²) in [5.41, 5.74) is -1.85. The number of ether oxygens (including phenoxy) is 1. The molecule has 7 N–H and O–H groups in total. The molecule has 60 heavy (non-hydrogen) atoms. The molecule has 0 aliphatic heterocycles. The molecule has 2 heterocycles.